The van der Waals surface area contributed by atoms with E-state index in [-0.39, 0.29) is 27.8 Å². The lowest BCUT2D eigenvalue weighted by Gasteiger charge is -2.29. The molecule has 8 heteroatoms. The number of aryl methyl sites for hydroxylation is 1. The van der Waals surface area contributed by atoms with Crippen LogP contribution in [0, 0.1) is 0 Å². The summed E-state index contributed by atoms with van der Waals surface area (Å²) >= 11 is 0. The number of carbonyl (C=O) groups excluding carboxylic acids is 1. The molecule has 7 nitrogen and oxygen atoms in total. The normalized spacial score (nSPS) is 15.6. The van der Waals surface area contributed by atoms with Crippen LogP contribution in [0.1, 0.15) is 48.0 Å². The van der Waals surface area contributed by atoms with Gasteiger partial charge in [0.05, 0.1) is 21.5 Å². The molecule has 0 radical (unpaired) electrons. The molecule has 37 heavy (non-hydrogen) atoms. The van der Waals surface area contributed by atoms with Crippen molar-refractivity contribution in [2.45, 2.75) is 43.0 Å². The summed E-state index contributed by atoms with van der Waals surface area (Å²) in [6.45, 7) is 0. The largest absolute Gasteiger partial charge is 0.382 e. The van der Waals surface area contributed by atoms with E-state index in [1.807, 2.05) is 24.3 Å². The highest BCUT2D eigenvalue weighted by atomic mass is 32.2. The lowest BCUT2D eigenvalue weighted by atomic mass is 9.80. The van der Waals surface area contributed by atoms with Crippen molar-refractivity contribution in [1.82, 2.24) is 4.57 Å². The van der Waals surface area contributed by atoms with E-state index in [2.05, 4.69) is 5.32 Å². The maximum atomic E-state index is 13.9. The van der Waals surface area contributed by atoms with Crippen LogP contribution in [0.4, 0.5) is 5.69 Å². The van der Waals surface area contributed by atoms with Crippen LogP contribution in [0.5, 0.6) is 0 Å². The van der Waals surface area contributed by atoms with E-state index >= 15 is 0 Å². The number of nitrogens with zero attached hydrogens (tertiary/aromatic N) is 1. The number of anilines is 1. The molecular weight excluding hydrogens is 488 g/mol. The zero-order chi connectivity index (χ0) is 25.9. The predicted octanol–water partition coefficient (Wildman–Crippen LogP) is 5.41. The van der Waals surface area contributed by atoms with Gasteiger partial charge >= 0.3 is 0 Å². The lowest BCUT2D eigenvalue weighted by Crippen LogP contribution is -2.26. The van der Waals surface area contributed by atoms with Gasteiger partial charge in [-0.2, -0.15) is 8.42 Å². The fourth-order valence-corrected chi connectivity index (χ4v) is 6.37. The minimum absolute atomic E-state index is 0.108. The second-order valence-corrected chi connectivity index (χ2v) is 11.3. The van der Waals surface area contributed by atoms with Crippen molar-refractivity contribution in [2.24, 2.45) is 7.05 Å². The highest BCUT2D eigenvalue weighted by Crippen LogP contribution is 2.46. The lowest BCUT2D eigenvalue weighted by molar-refractivity contribution is 0.104. The van der Waals surface area contributed by atoms with Crippen molar-refractivity contribution in [3.8, 4) is 22.3 Å². The first-order valence-electron chi connectivity index (χ1n) is 12.4. The van der Waals surface area contributed by atoms with Crippen LogP contribution >= 0.6 is 0 Å². The highest BCUT2D eigenvalue weighted by Gasteiger charge is 2.33. The summed E-state index contributed by atoms with van der Waals surface area (Å²) in [5.74, 6) is -0.108. The van der Waals surface area contributed by atoms with E-state index in [4.69, 9.17) is 0 Å². The molecule has 4 aromatic rings. The third-order valence-electron chi connectivity index (χ3n) is 7.62. The number of fused-ring (bicyclic) bond motifs is 2. The van der Waals surface area contributed by atoms with E-state index in [1.165, 1.54) is 29.2 Å². The third-order valence-corrected chi connectivity index (χ3v) is 8.47. The summed E-state index contributed by atoms with van der Waals surface area (Å²) in [5.41, 5.74) is 3.95. The molecule has 0 spiro atoms. The molecule has 0 unspecified atom stereocenters. The molecule has 2 N–H and O–H groups in total. The van der Waals surface area contributed by atoms with Gasteiger partial charge in [-0.1, -0.05) is 55.7 Å². The van der Waals surface area contributed by atoms with Crippen LogP contribution in [0.3, 0.4) is 0 Å². The molecule has 0 aliphatic heterocycles. The van der Waals surface area contributed by atoms with Gasteiger partial charge in [-0.25, -0.2) is 0 Å². The molecule has 1 saturated carbocycles. The smallest absolute Gasteiger partial charge is 0.294 e. The van der Waals surface area contributed by atoms with Crippen molar-refractivity contribution in [2.75, 3.05) is 5.32 Å². The zero-order valence-electron chi connectivity index (χ0n) is 20.3. The average Bonchev–Trinajstić information content (AvgIpc) is 2.90. The molecule has 0 bridgehead atoms. The van der Waals surface area contributed by atoms with Gasteiger partial charge in [-0.15, -0.1) is 0 Å². The topological polar surface area (TPSA) is 105 Å². The van der Waals surface area contributed by atoms with Gasteiger partial charge in [0.1, 0.15) is 0 Å². The maximum Gasteiger partial charge on any atom is 0.294 e. The van der Waals surface area contributed by atoms with E-state index in [1.54, 1.807) is 25.2 Å². The Morgan fingerprint density at radius 2 is 1.59 bits per heavy atom. The first-order valence-corrected chi connectivity index (χ1v) is 13.9. The number of pyridine rings is 1. The fourth-order valence-electron chi connectivity index (χ4n) is 5.84. The van der Waals surface area contributed by atoms with Crippen molar-refractivity contribution in [3.05, 3.63) is 82.1 Å². The van der Waals surface area contributed by atoms with E-state index in [9.17, 15) is 22.6 Å². The SMILES string of the molecule is Cn1c(=O)c(-c2cccc(S(=O)(=O)O)c2)c2c3c(c(NC4CCCCC4)ccc31)C(=O)c1ccccc1-2. The minimum Gasteiger partial charge on any atom is -0.382 e. The molecule has 1 aromatic heterocycles. The van der Waals surface area contributed by atoms with Crippen molar-refractivity contribution in [1.29, 1.82) is 0 Å². The Kier molecular flexibility index (Phi) is 5.54. The summed E-state index contributed by atoms with van der Waals surface area (Å²) in [6, 6.07) is 17.0. The highest BCUT2D eigenvalue weighted by molar-refractivity contribution is 7.85. The Bertz CT molecular complexity index is 1770. The van der Waals surface area contributed by atoms with Gasteiger partial charge in [-0.05, 0) is 48.2 Å². The Morgan fingerprint density at radius 1 is 0.865 bits per heavy atom. The molecule has 1 heterocycles. The number of nitrogens with one attached hydrogen (secondary N) is 1. The molecule has 1 fully saturated rings. The Balaban J connectivity index is 1.72. The third kappa shape index (κ3) is 3.79. The van der Waals surface area contributed by atoms with Crippen LogP contribution in [-0.4, -0.2) is 29.4 Å². The molecule has 188 valence electrons. The van der Waals surface area contributed by atoms with Crippen molar-refractivity contribution < 1.29 is 17.8 Å². The van der Waals surface area contributed by atoms with Crippen LogP contribution in [-0.2, 0) is 17.2 Å². The number of carbonyl (C=O) groups is 1. The van der Waals surface area contributed by atoms with E-state index in [0.717, 1.165) is 31.4 Å². The zero-order valence-corrected chi connectivity index (χ0v) is 21.1. The number of hydrogen-bond acceptors (Lipinski definition) is 5. The molecule has 2 aliphatic carbocycles. The van der Waals surface area contributed by atoms with Gasteiger partial charge in [0, 0.05) is 35.3 Å². The number of hydrogen-bond donors (Lipinski definition) is 2. The van der Waals surface area contributed by atoms with Crippen LogP contribution in [0.2, 0.25) is 0 Å². The van der Waals surface area contributed by atoms with Gasteiger partial charge in [0.2, 0.25) is 0 Å². The summed E-state index contributed by atoms with van der Waals surface area (Å²) in [5, 5.41) is 4.28. The van der Waals surface area contributed by atoms with E-state index < -0.39 is 10.1 Å². The van der Waals surface area contributed by atoms with Gasteiger partial charge < -0.3 is 9.88 Å². The standard InChI is InChI=1S/C29H26N2O5S/c1-31-23-15-14-22(30-18-9-3-2-4-10-18)26-27(23)25(20-12-5-6-13-21(20)28(26)32)24(29(31)33)17-8-7-11-19(16-17)37(34,35)36/h5-8,11-16,18,30H,2-4,9-10H2,1H3,(H,34,35,36). The monoisotopic (exact) mass is 514 g/mol. The van der Waals surface area contributed by atoms with Crippen LogP contribution in [0.15, 0.2) is 70.4 Å². The fraction of sp³-hybridized carbons (Fsp3) is 0.241. The molecule has 2 aliphatic rings. The Labute approximate surface area is 214 Å². The van der Waals surface area contributed by atoms with Gasteiger partial charge in [0.15, 0.2) is 5.78 Å². The second kappa shape index (κ2) is 8.68. The van der Waals surface area contributed by atoms with Crippen molar-refractivity contribution >= 4 is 32.5 Å². The predicted molar refractivity (Wildman–Crippen MR) is 144 cm³/mol. The molecular formula is C29H26N2O5S. The second-order valence-electron chi connectivity index (χ2n) is 9.85. The van der Waals surface area contributed by atoms with Gasteiger partial charge in [0.25, 0.3) is 15.7 Å². The number of rotatable bonds is 4. The summed E-state index contributed by atoms with van der Waals surface area (Å²) in [6.07, 6.45) is 5.58. The average molecular weight is 515 g/mol. The Hall–Kier alpha value is -3.75. The summed E-state index contributed by atoms with van der Waals surface area (Å²) in [4.78, 5) is 27.5. The van der Waals surface area contributed by atoms with Gasteiger partial charge in [-0.3, -0.25) is 14.1 Å². The quantitative estimate of drug-likeness (QED) is 0.311. The number of ketones is 1. The first-order chi connectivity index (χ1) is 17.8. The molecule has 6 rings (SSSR count). The Morgan fingerprint density at radius 3 is 2.32 bits per heavy atom. The van der Waals surface area contributed by atoms with Crippen LogP contribution < -0.4 is 10.9 Å². The minimum atomic E-state index is -4.48. The van der Waals surface area contributed by atoms with E-state index in [0.29, 0.717) is 38.7 Å². The van der Waals surface area contributed by atoms with Crippen molar-refractivity contribution in [3.63, 3.8) is 0 Å². The molecule has 0 saturated heterocycles. The summed E-state index contributed by atoms with van der Waals surface area (Å²) in [7, 11) is -2.82. The van der Waals surface area contributed by atoms with Crippen LogP contribution in [0.25, 0.3) is 33.2 Å². The number of benzene rings is 3. The maximum absolute atomic E-state index is 13.9. The summed E-state index contributed by atoms with van der Waals surface area (Å²) < 4.78 is 35.0. The number of aromatic nitrogens is 1. The molecule has 3 aromatic carbocycles. The molecule has 0 atom stereocenters. The first kappa shape index (κ1) is 23.6. The molecule has 0 amide bonds.